The highest BCUT2D eigenvalue weighted by Crippen LogP contribution is 2.16. The third-order valence-electron chi connectivity index (χ3n) is 2.12. The first-order chi connectivity index (χ1) is 6.18. The molecule has 70 valence electrons. The second kappa shape index (κ2) is 2.65. The van der Waals surface area contributed by atoms with E-state index >= 15 is 0 Å². The van der Waals surface area contributed by atoms with Gasteiger partial charge in [-0.1, -0.05) is 12.2 Å². The van der Waals surface area contributed by atoms with Crippen molar-refractivity contribution in [3.63, 3.8) is 0 Å². The second-order valence-electron chi connectivity index (χ2n) is 2.96. The Morgan fingerprint density at radius 1 is 1.85 bits per heavy atom. The van der Waals surface area contributed by atoms with Crippen LogP contribution in [0.2, 0.25) is 0 Å². The summed E-state index contributed by atoms with van der Waals surface area (Å²) in [5.41, 5.74) is 5.44. The summed E-state index contributed by atoms with van der Waals surface area (Å²) in [6.45, 7) is 0.370. The Balaban J connectivity index is 2.24. The van der Waals surface area contributed by atoms with Gasteiger partial charge in [0.05, 0.1) is 6.04 Å². The number of hydrogen-bond donors (Lipinski definition) is 3. The predicted molar refractivity (Wildman–Crippen MR) is 46.2 cm³/mol. The minimum Gasteiger partial charge on any atom is -0.465 e. The number of nitrogens with zero attached hydrogens (tertiary/aromatic N) is 2. The molecule has 6 heteroatoms. The summed E-state index contributed by atoms with van der Waals surface area (Å²) in [6, 6.07) is -0.107. The van der Waals surface area contributed by atoms with Gasteiger partial charge in [0, 0.05) is 6.54 Å². The molecule has 0 fully saturated rings. The van der Waals surface area contributed by atoms with E-state index in [2.05, 4.69) is 10.3 Å². The third-order valence-corrected chi connectivity index (χ3v) is 2.12. The van der Waals surface area contributed by atoms with Gasteiger partial charge in [0.2, 0.25) is 0 Å². The van der Waals surface area contributed by atoms with Crippen molar-refractivity contribution in [2.45, 2.75) is 12.2 Å². The van der Waals surface area contributed by atoms with Crippen molar-refractivity contribution >= 4 is 12.1 Å². The van der Waals surface area contributed by atoms with Crippen LogP contribution in [0.5, 0.6) is 0 Å². The fourth-order valence-electron chi connectivity index (χ4n) is 1.54. The first-order valence-electron chi connectivity index (χ1n) is 3.94. The maximum atomic E-state index is 10.8. The van der Waals surface area contributed by atoms with E-state index in [0.717, 1.165) is 0 Å². The van der Waals surface area contributed by atoms with Crippen molar-refractivity contribution in [2.24, 2.45) is 10.7 Å². The average molecular weight is 182 g/mol. The number of carbonyl (C=O) groups is 1. The fourth-order valence-corrected chi connectivity index (χ4v) is 1.54. The van der Waals surface area contributed by atoms with Gasteiger partial charge in [-0.3, -0.25) is 4.90 Å². The number of fused-ring (bicyclic) bond motifs is 1. The van der Waals surface area contributed by atoms with Crippen molar-refractivity contribution in [1.29, 1.82) is 0 Å². The van der Waals surface area contributed by atoms with Crippen molar-refractivity contribution in [3.8, 4) is 0 Å². The molecule has 0 aromatic rings. The summed E-state index contributed by atoms with van der Waals surface area (Å²) in [6.07, 6.45) is 2.30. The number of amides is 1. The van der Waals surface area contributed by atoms with Crippen LogP contribution in [0.1, 0.15) is 0 Å². The van der Waals surface area contributed by atoms with Gasteiger partial charge in [-0.25, -0.2) is 9.79 Å². The van der Waals surface area contributed by atoms with Gasteiger partial charge >= 0.3 is 6.09 Å². The second-order valence-corrected chi connectivity index (χ2v) is 2.96. The summed E-state index contributed by atoms with van der Waals surface area (Å²) in [5.74, 6) is 0.299. The largest absolute Gasteiger partial charge is 0.465 e. The summed E-state index contributed by atoms with van der Waals surface area (Å²) in [4.78, 5) is 16.0. The molecule has 0 spiro atoms. The maximum Gasteiger partial charge on any atom is 0.409 e. The smallest absolute Gasteiger partial charge is 0.409 e. The minimum atomic E-state index is -0.973. The Labute approximate surface area is 74.7 Å². The molecule has 0 unspecified atom stereocenters. The van der Waals surface area contributed by atoms with Crippen LogP contribution >= 0.6 is 0 Å². The van der Waals surface area contributed by atoms with Gasteiger partial charge in [-0.05, 0) is 0 Å². The van der Waals surface area contributed by atoms with Crippen LogP contribution in [-0.4, -0.2) is 40.8 Å². The zero-order chi connectivity index (χ0) is 9.42. The van der Waals surface area contributed by atoms with E-state index in [9.17, 15) is 4.79 Å². The van der Waals surface area contributed by atoms with Gasteiger partial charge in [0.1, 0.15) is 0 Å². The van der Waals surface area contributed by atoms with Gasteiger partial charge in [0.25, 0.3) is 0 Å². The van der Waals surface area contributed by atoms with Crippen molar-refractivity contribution in [2.75, 3.05) is 6.54 Å². The molecule has 13 heavy (non-hydrogen) atoms. The highest BCUT2D eigenvalue weighted by atomic mass is 16.4. The van der Waals surface area contributed by atoms with Crippen LogP contribution in [0.4, 0.5) is 4.79 Å². The lowest BCUT2D eigenvalue weighted by molar-refractivity contribution is 0.127. The monoisotopic (exact) mass is 182 g/mol. The molecule has 2 aliphatic heterocycles. The van der Waals surface area contributed by atoms with E-state index in [0.29, 0.717) is 12.5 Å². The summed E-state index contributed by atoms with van der Waals surface area (Å²) in [7, 11) is 0. The average Bonchev–Trinajstić information content (AvgIpc) is 2.43. The Morgan fingerprint density at radius 3 is 3.31 bits per heavy atom. The van der Waals surface area contributed by atoms with Gasteiger partial charge in [0.15, 0.2) is 12.1 Å². The molecule has 6 nitrogen and oxygen atoms in total. The predicted octanol–water partition coefficient (Wildman–Crippen LogP) is -0.851. The van der Waals surface area contributed by atoms with E-state index in [4.69, 9.17) is 10.8 Å². The molecule has 0 bridgehead atoms. The molecule has 0 saturated heterocycles. The molecule has 2 heterocycles. The zero-order valence-electron chi connectivity index (χ0n) is 6.84. The Bertz CT molecular complexity index is 299. The van der Waals surface area contributed by atoms with Crippen LogP contribution in [0.25, 0.3) is 0 Å². The normalized spacial score (nSPS) is 30.8. The van der Waals surface area contributed by atoms with Crippen LogP contribution in [0, 0.1) is 0 Å². The molecule has 0 radical (unpaired) electrons. The standard InChI is InChI=1S/C7H10N4O2/c8-6-9-4-2-1-3-11(7(12)13)5(4)10-6/h1-2,4-5H,3H2,(H,12,13)(H3,8,9,10)/t4-,5+/m1/s1. The van der Waals surface area contributed by atoms with E-state index < -0.39 is 12.3 Å². The molecule has 2 rings (SSSR count). The first-order valence-corrected chi connectivity index (χ1v) is 3.94. The molecule has 0 aliphatic carbocycles. The third kappa shape index (κ3) is 1.20. The number of aliphatic imine (C=N–C) groups is 1. The number of nitrogens with two attached hydrogens (primary N) is 1. The van der Waals surface area contributed by atoms with Crippen LogP contribution in [0.15, 0.2) is 17.1 Å². The lowest BCUT2D eigenvalue weighted by atomic mass is 10.1. The quantitative estimate of drug-likeness (QED) is 0.425. The summed E-state index contributed by atoms with van der Waals surface area (Å²) < 4.78 is 0. The molecule has 1 amide bonds. The molecule has 2 aliphatic rings. The molecule has 0 aromatic heterocycles. The van der Waals surface area contributed by atoms with Crippen LogP contribution < -0.4 is 11.1 Å². The molecule has 0 saturated carbocycles. The number of hydrogen-bond acceptors (Lipinski definition) is 4. The van der Waals surface area contributed by atoms with E-state index in [-0.39, 0.29) is 6.04 Å². The van der Waals surface area contributed by atoms with Crippen LogP contribution in [0.3, 0.4) is 0 Å². The summed E-state index contributed by atoms with van der Waals surface area (Å²) in [5, 5.41) is 11.7. The maximum absolute atomic E-state index is 10.8. The molecular formula is C7H10N4O2. The first kappa shape index (κ1) is 7.90. The lowest BCUT2D eigenvalue weighted by Crippen LogP contribution is -2.49. The zero-order valence-corrected chi connectivity index (χ0v) is 6.84. The number of guanidine groups is 1. The Hall–Kier alpha value is -1.72. The van der Waals surface area contributed by atoms with Gasteiger partial charge in [-0.2, -0.15) is 0 Å². The van der Waals surface area contributed by atoms with E-state index in [1.165, 1.54) is 4.90 Å². The van der Waals surface area contributed by atoms with Gasteiger partial charge in [-0.15, -0.1) is 0 Å². The van der Waals surface area contributed by atoms with Crippen LogP contribution in [-0.2, 0) is 0 Å². The number of carboxylic acid groups (broad SMARTS) is 1. The molecule has 4 N–H and O–H groups in total. The minimum absolute atomic E-state index is 0.107. The number of rotatable bonds is 0. The Morgan fingerprint density at radius 2 is 2.62 bits per heavy atom. The van der Waals surface area contributed by atoms with Crippen molar-refractivity contribution < 1.29 is 9.90 Å². The van der Waals surface area contributed by atoms with E-state index in [1.807, 2.05) is 6.08 Å². The number of nitrogens with one attached hydrogen (secondary N) is 1. The fraction of sp³-hybridized carbons (Fsp3) is 0.429. The highest BCUT2D eigenvalue weighted by Gasteiger charge is 2.35. The summed E-state index contributed by atoms with van der Waals surface area (Å²) >= 11 is 0. The molecule has 0 aromatic carbocycles. The highest BCUT2D eigenvalue weighted by molar-refractivity contribution is 5.81. The van der Waals surface area contributed by atoms with Gasteiger partial charge < -0.3 is 16.2 Å². The van der Waals surface area contributed by atoms with Crippen molar-refractivity contribution in [1.82, 2.24) is 10.2 Å². The molecule has 2 atom stereocenters. The lowest BCUT2D eigenvalue weighted by Gasteiger charge is -2.29. The Kier molecular flexibility index (Phi) is 1.61. The van der Waals surface area contributed by atoms with E-state index in [1.54, 1.807) is 6.08 Å². The SMILES string of the molecule is NC1=N[C@@H]2[C@@H](C=CCN2C(=O)O)N1. The topological polar surface area (TPSA) is 91.0 Å². The molecular weight excluding hydrogens is 172 g/mol. The van der Waals surface area contributed by atoms with Crippen molar-refractivity contribution in [3.05, 3.63) is 12.2 Å².